The van der Waals surface area contributed by atoms with Gasteiger partial charge in [0, 0.05) is 10.7 Å². The van der Waals surface area contributed by atoms with Crippen LogP contribution in [0, 0.1) is 0 Å². The van der Waals surface area contributed by atoms with Crippen LogP contribution in [0.15, 0.2) is 24.3 Å². The highest BCUT2D eigenvalue weighted by Gasteiger charge is 2.42. The molecule has 1 aromatic rings. The molecule has 1 saturated heterocycles. The van der Waals surface area contributed by atoms with Crippen LogP contribution >= 0.6 is 11.6 Å². The van der Waals surface area contributed by atoms with E-state index < -0.39 is 24.5 Å². The standard InChI is InChI=1S/C11H14ClNO4/c12-6-2-1-3-7(4-6)13-11-10(16)9(15)8(5-14)17-11/h1-4,8-11,13-16H,5H2/t8-,9-,10+,11?/m0/s1. The van der Waals surface area contributed by atoms with Gasteiger partial charge in [-0.15, -0.1) is 0 Å². The van der Waals surface area contributed by atoms with Gasteiger partial charge in [-0.3, -0.25) is 0 Å². The number of halogens is 1. The average Bonchev–Trinajstić information content (AvgIpc) is 2.57. The number of rotatable bonds is 3. The molecule has 4 atom stereocenters. The Morgan fingerprint density at radius 2 is 2.06 bits per heavy atom. The summed E-state index contributed by atoms with van der Waals surface area (Å²) in [6.07, 6.45) is -3.73. The van der Waals surface area contributed by atoms with Crippen LogP contribution in [0.2, 0.25) is 5.02 Å². The molecule has 1 aliphatic heterocycles. The van der Waals surface area contributed by atoms with Crippen molar-refractivity contribution in [3.05, 3.63) is 29.3 Å². The van der Waals surface area contributed by atoms with Crippen LogP contribution in [0.25, 0.3) is 0 Å². The maximum absolute atomic E-state index is 9.71. The normalized spacial score (nSPS) is 32.7. The zero-order valence-electron chi connectivity index (χ0n) is 8.95. The predicted octanol–water partition coefficient (Wildman–Crippen LogP) is 0.191. The Morgan fingerprint density at radius 3 is 2.65 bits per heavy atom. The highest BCUT2D eigenvalue weighted by Crippen LogP contribution is 2.24. The number of benzene rings is 1. The maximum Gasteiger partial charge on any atom is 0.157 e. The molecule has 0 bridgehead atoms. The largest absolute Gasteiger partial charge is 0.394 e. The molecule has 0 radical (unpaired) electrons. The summed E-state index contributed by atoms with van der Waals surface area (Å²) in [4.78, 5) is 0. The van der Waals surface area contributed by atoms with Crippen LogP contribution in [0.4, 0.5) is 5.69 Å². The van der Waals surface area contributed by atoms with E-state index in [2.05, 4.69) is 5.32 Å². The Balaban J connectivity index is 2.05. The summed E-state index contributed by atoms with van der Waals surface area (Å²) in [5.74, 6) is 0. The van der Waals surface area contributed by atoms with Crippen molar-refractivity contribution in [3.8, 4) is 0 Å². The van der Waals surface area contributed by atoms with E-state index in [1.165, 1.54) is 0 Å². The summed E-state index contributed by atoms with van der Waals surface area (Å²) >= 11 is 5.82. The molecule has 0 aromatic heterocycles. The van der Waals surface area contributed by atoms with Crippen molar-refractivity contribution in [1.29, 1.82) is 0 Å². The lowest BCUT2D eigenvalue weighted by molar-refractivity contribution is -0.0153. The van der Waals surface area contributed by atoms with E-state index in [-0.39, 0.29) is 6.61 Å². The lowest BCUT2D eigenvalue weighted by Gasteiger charge is -2.17. The highest BCUT2D eigenvalue weighted by atomic mass is 35.5. The van der Waals surface area contributed by atoms with Gasteiger partial charge in [0.2, 0.25) is 0 Å². The second-order valence-electron chi connectivity index (χ2n) is 3.91. The molecule has 1 aliphatic rings. The van der Waals surface area contributed by atoms with Crippen molar-refractivity contribution in [3.63, 3.8) is 0 Å². The average molecular weight is 260 g/mol. The number of ether oxygens (including phenoxy) is 1. The van der Waals surface area contributed by atoms with Crippen LogP contribution in [0.1, 0.15) is 0 Å². The number of nitrogens with one attached hydrogen (secondary N) is 1. The molecule has 94 valence electrons. The topological polar surface area (TPSA) is 82.0 Å². The molecule has 1 unspecified atom stereocenters. The van der Waals surface area contributed by atoms with Gasteiger partial charge in [-0.25, -0.2) is 0 Å². The smallest absolute Gasteiger partial charge is 0.157 e. The zero-order valence-corrected chi connectivity index (χ0v) is 9.71. The Hall–Kier alpha value is -0.850. The van der Waals surface area contributed by atoms with Crippen molar-refractivity contribution >= 4 is 17.3 Å². The van der Waals surface area contributed by atoms with Gasteiger partial charge in [0.05, 0.1) is 6.61 Å². The van der Waals surface area contributed by atoms with Gasteiger partial charge in [0.25, 0.3) is 0 Å². The van der Waals surface area contributed by atoms with Crippen molar-refractivity contribution in [2.75, 3.05) is 11.9 Å². The number of hydrogen-bond donors (Lipinski definition) is 4. The number of aliphatic hydroxyl groups is 3. The van der Waals surface area contributed by atoms with Gasteiger partial charge in [-0.1, -0.05) is 17.7 Å². The predicted molar refractivity (Wildman–Crippen MR) is 62.8 cm³/mol. The first-order valence-corrected chi connectivity index (χ1v) is 5.64. The van der Waals surface area contributed by atoms with Crippen LogP contribution in [-0.2, 0) is 4.74 Å². The van der Waals surface area contributed by atoms with E-state index in [1.807, 2.05) is 0 Å². The third-order valence-corrected chi connectivity index (χ3v) is 2.91. The van der Waals surface area contributed by atoms with Gasteiger partial charge in [-0.2, -0.15) is 0 Å². The first-order valence-electron chi connectivity index (χ1n) is 5.26. The second-order valence-corrected chi connectivity index (χ2v) is 4.35. The minimum Gasteiger partial charge on any atom is -0.394 e. The summed E-state index contributed by atoms with van der Waals surface area (Å²) < 4.78 is 5.27. The molecule has 0 aliphatic carbocycles. The van der Waals surface area contributed by atoms with E-state index in [0.29, 0.717) is 10.7 Å². The lowest BCUT2D eigenvalue weighted by atomic mass is 10.1. The number of hydrogen-bond acceptors (Lipinski definition) is 5. The molecule has 5 nitrogen and oxygen atoms in total. The van der Waals surface area contributed by atoms with Crippen molar-refractivity contribution in [2.45, 2.75) is 24.5 Å². The molecule has 4 N–H and O–H groups in total. The van der Waals surface area contributed by atoms with E-state index in [9.17, 15) is 10.2 Å². The third-order valence-electron chi connectivity index (χ3n) is 2.68. The molecule has 2 rings (SSSR count). The van der Waals surface area contributed by atoms with E-state index >= 15 is 0 Å². The SMILES string of the molecule is OC[C@@H]1OC(Nc2cccc(Cl)c2)[C@H](O)[C@H]1O. The first kappa shape index (κ1) is 12.6. The molecule has 0 saturated carbocycles. The quantitative estimate of drug-likeness (QED) is 0.623. The Kier molecular flexibility index (Phi) is 3.86. The van der Waals surface area contributed by atoms with Crippen molar-refractivity contribution < 1.29 is 20.1 Å². The first-order chi connectivity index (χ1) is 8.11. The van der Waals surface area contributed by atoms with Gasteiger partial charge in [0.15, 0.2) is 6.23 Å². The Morgan fingerprint density at radius 1 is 1.29 bits per heavy atom. The summed E-state index contributed by atoms with van der Waals surface area (Å²) in [6.45, 7) is -0.341. The second kappa shape index (κ2) is 5.20. The van der Waals surface area contributed by atoms with E-state index in [4.69, 9.17) is 21.4 Å². The Labute approximate surface area is 104 Å². The van der Waals surface area contributed by atoms with E-state index in [1.54, 1.807) is 24.3 Å². The van der Waals surface area contributed by atoms with Gasteiger partial charge in [-0.05, 0) is 18.2 Å². The summed E-state index contributed by atoms with van der Waals surface area (Å²) in [5.41, 5.74) is 0.673. The van der Waals surface area contributed by atoms with Crippen LogP contribution in [0.5, 0.6) is 0 Å². The summed E-state index contributed by atoms with van der Waals surface area (Å²) in [7, 11) is 0. The fourth-order valence-electron chi connectivity index (χ4n) is 1.76. The molecular formula is C11H14ClNO4. The third kappa shape index (κ3) is 2.70. The number of anilines is 1. The molecule has 1 aromatic carbocycles. The van der Waals surface area contributed by atoms with Crippen LogP contribution < -0.4 is 5.32 Å². The van der Waals surface area contributed by atoms with Crippen LogP contribution in [-0.4, -0.2) is 46.5 Å². The fourth-order valence-corrected chi connectivity index (χ4v) is 1.95. The maximum atomic E-state index is 9.71. The molecule has 6 heteroatoms. The van der Waals surface area contributed by atoms with Crippen molar-refractivity contribution in [2.24, 2.45) is 0 Å². The van der Waals surface area contributed by atoms with E-state index in [0.717, 1.165) is 0 Å². The summed E-state index contributed by atoms with van der Waals surface area (Å²) in [5, 5.41) is 31.7. The fraction of sp³-hybridized carbons (Fsp3) is 0.455. The molecule has 0 amide bonds. The molecule has 1 fully saturated rings. The minimum atomic E-state index is -1.10. The number of aliphatic hydroxyl groups excluding tert-OH is 3. The molecule has 17 heavy (non-hydrogen) atoms. The summed E-state index contributed by atoms with van der Waals surface area (Å²) in [6, 6.07) is 6.92. The zero-order chi connectivity index (χ0) is 12.4. The lowest BCUT2D eigenvalue weighted by Crippen LogP contribution is -2.36. The monoisotopic (exact) mass is 259 g/mol. The molecule has 1 heterocycles. The minimum absolute atomic E-state index is 0.341. The molecular weight excluding hydrogens is 246 g/mol. The van der Waals surface area contributed by atoms with Crippen LogP contribution in [0.3, 0.4) is 0 Å². The molecule has 0 spiro atoms. The Bertz CT molecular complexity index is 389. The highest BCUT2D eigenvalue weighted by molar-refractivity contribution is 6.30. The van der Waals surface area contributed by atoms with Gasteiger partial charge >= 0.3 is 0 Å². The van der Waals surface area contributed by atoms with Gasteiger partial charge < -0.3 is 25.4 Å². The van der Waals surface area contributed by atoms with Crippen molar-refractivity contribution in [1.82, 2.24) is 0 Å². The van der Waals surface area contributed by atoms with Gasteiger partial charge in [0.1, 0.15) is 18.3 Å².